The van der Waals surface area contributed by atoms with Crippen molar-refractivity contribution >= 4 is 68.1 Å². The molecule has 1 N–H and O–H groups in total. The number of nitrogens with zero attached hydrogens (tertiary/aromatic N) is 1. The Morgan fingerprint density at radius 1 is 1.11 bits per heavy atom. The van der Waals surface area contributed by atoms with Gasteiger partial charge in [0, 0.05) is 10.0 Å². The normalized spacial score (nSPS) is 14.8. The van der Waals surface area contributed by atoms with Crippen molar-refractivity contribution in [2.24, 2.45) is 0 Å². The highest BCUT2D eigenvalue weighted by molar-refractivity contribution is 14.1. The average molecular weight is 665 g/mol. The van der Waals surface area contributed by atoms with Crippen LogP contribution < -0.4 is 19.7 Å². The van der Waals surface area contributed by atoms with Crippen LogP contribution in [0, 0.1) is 16.3 Å². The number of barbiturate groups is 1. The van der Waals surface area contributed by atoms with Crippen LogP contribution in [0.15, 0.2) is 64.6 Å². The van der Waals surface area contributed by atoms with Gasteiger partial charge in [0.1, 0.15) is 18.0 Å². The van der Waals surface area contributed by atoms with Gasteiger partial charge in [-0.1, -0.05) is 34.1 Å². The number of hydrogen-bond acceptors (Lipinski definition) is 5. The van der Waals surface area contributed by atoms with Gasteiger partial charge in [-0.25, -0.2) is 14.1 Å². The third-order valence-corrected chi connectivity index (χ3v) is 7.09. The monoisotopic (exact) mass is 664 g/mol. The van der Waals surface area contributed by atoms with Gasteiger partial charge in [-0.3, -0.25) is 14.9 Å². The smallest absolute Gasteiger partial charge is 0.335 e. The van der Waals surface area contributed by atoms with E-state index in [4.69, 9.17) is 9.47 Å². The maximum atomic E-state index is 14.0. The molecule has 0 aromatic heterocycles. The summed E-state index contributed by atoms with van der Waals surface area (Å²) in [6, 6.07) is 13.8. The number of methoxy groups -OCH3 is 1. The number of aryl methyl sites for hydroxylation is 1. The molecule has 1 fully saturated rings. The van der Waals surface area contributed by atoms with E-state index in [2.05, 4.69) is 21.2 Å². The van der Waals surface area contributed by atoms with E-state index in [-0.39, 0.29) is 18.0 Å². The molecule has 1 saturated heterocycles. The molecule has 4 rings (SSSR count). The highest BCUT2D eigenvalue weighted by Gasteiger charge is 2.37. The van der Waals surface area contributed by atoms with E-state index in [1.807, 2.05) is 29.5 Å². The first-order chi connectivity index (χ1) is 17.2. The van der Waals surface area contributed by atoms with Crippen LogP contribution in [0.2, 0.25) is 0 Å². The van der Waals surface area contributed by atoms with Gasteiger partial charge < -0.3 is 9.47 Å². The molecule has 0 spiro atoms. The van der Waals surface area contributed by atoms with Gasteiger partial charge in [0.05, 0.1) is 16.4 Å². The summed E-state index contributed by atoms with van der Waals surface area (Å²) in [7, 11) is 1.45. The molecule has 184 valence electrons. The van der Waals surface area contributed by atoms with E-state index < -0.39 is 17.8 Å². The summed E-state index contributed by atoms with van der Waals surface area (Å²) in [4.78, 5) is 39.2. The van der Waals surface area contributed by atoms with Crippen LogP contribution in [-0.4, -0.2) is 25.0 Å². The second-order valence-electron chi connectivity index (χ2n) is 7.81. The molecule has 0 saturated carbocycles. The van der Waals surface area contributed by atoms with Gasteiger partial charge in [0.15, 0.2) is 11.5 Å². The zero-order chi connectivity index (χ0) is 26.0. The van der Waals surface area contributed by atoms with Gasteiger partial charge in [0.25, 0.3) is 11.8 Å². The molecule has 0 unspecified atom stereocenters. The van der Waals surface area contributed by atoms with Crippen LogP contribution in [0.3, 0.4) is 0 Å². The lowest BCUT2D eigenvalue weighted by atomic mass is 10.1. The number of carbonyl (C=O) groups is 3. The van der Waals surface area contributed by atoms with Crippen molar-refractivity contribution in [3.63, 3.8) is 0 Å². The van der Waals surface area contributed by atoms with Crippen molar-refractivity contribution in [1.82, 2.24) is 5.32 Å². The Kier molecular flexibility index (Phi) is 7.74. The minimum Gasteiger partial charge on any atom is -0.493 e. The van der Waals surface area contributed by atoms with E-state index >= 15 is 0 Å². The summed E-state index contributed by atoms with van der Waals surface area (Å²) >= 11 is 5.42. The van der Waals surface area contributed by atoms with Gasteiger partial charge >= 0.3 is 6.03 Å². The Bertz CT molecular complexity index is 1430. The molecule has 0 atom stereocenters. The quantitative estimate of drug-likeness (QED) is 0.206. The van der Waals surface area contributed by atoms with Gasteiger partial charge in [0.2, 0.25) is 0 Å². The van der Waals surface area contributed by atoms with Crippen LogP contribution >= 0.6 is 38.5 Å². The van der Waals surface area contributed by atoms with Crippen LogP contribution in [-0.2, 0) is 16.2 Å². The first kappa shape index (κ1) is 25.8. The Balaban J connectivity index is 1.66. The lowest BCUT2D eigenvalue weighted by Gasteiger charge is -2.26. The van der Waals surface area contributed by atoms with Gasteiger partial charge in [-0.2, -0.15) is 0 Å². The predicted octanol–water partition coefficient (Wildman–Crippen LogP) is 5.76. The summed E-state index contributed by atoms with van der Waals surface area (Å²) in [5.74, 6) is -1.20. The maximum absolute atomic E-state index is 14.0. The molecular weight excluding hydrogens is 646 g/mol. The summed E-state index contributed by atoms with van der Waals surface area (Å²) in [5.41, 5.74) is 1.81. The van der Waals surface area contributed by atoms with Crippen molar-refractivity contribution in [1.29, 1.82) is 0 Å². The highest BCUT2D eigenvalue weighted by atomic mass is 127. The number of benzene rings is 3. The molecule has 7 nitrogen and oxygen atoms in total. The Hall–Kier alpha value is -3.25. The largest absolute Gasteiger partial charge is 0.493 e. The highest BCUT2D eigenvalue weighted by Crippen LogP contribution is 2.36. The standard InChI is InChI=1S/C26H19BrFIN2O5/c1-14-9-17(7-8-19(14)27)31-25(33)18(24(32)30-26(31)34)10-15-11-21(29)23(22(12-15)35-2)36-13-16-5-3-4-6-20(16)28/h3-12H,13H2,1-2H3,(H,30,32,34)/b18-10+. The van der Waals surface area contributed by atoms with Gasteiger partial charge in [-0.05, 0) is 83.1 Å². The second kappa shape index (κ2) is 10.8. The van der Waals surface area contributed by atoms with E-state index in [1.165, 1.54) is 19.3 Å². The number of nitrogens with one attached hydrogen (secondary N) is 1. The second-order valence-corrected chi connectivity index (χ2v) is 9.82. The van der Waals surface area contributed by atoms with Crippen molar-refractivity contribution in [2.45, 2.75) is 13.5 Å². The van der Waals surface area contributed by atoms with Crippen molar-refractivity contribution in [2.75, 3.05) is 12.0 Å². The van der Waals surface area contributed by atoms with Crippen LogP contribution in [0.25, 0.3) is 6.08 Å². The fourth-order valence-corrected chi connectivity index (χ4v) is 4.58. The number of anilines is 1. The van der Waals surface area contributed by atoms with E-state index in [9.17, 15) is 18.8 Å². The van der Waals surface area contributed by atoms with Crippen LogP contribution in [0.4, 0.5) is 14.9 Å². The predicted molar refractivity (Wildman–Crippen MR) is 144 cm³/mol. The molecule has 3 aromatic rings. The zero-order valence-electron chi connectivity index (χ0n) is 19.1. The third-order valence-electron chi connectivity index (χ3n) is 5.39. The fraction of sp³-hybridized carbons (Fsp3) is 0.115. The lowest BCUT2D eigenvalue weighted by molar-refractivity contribution is -0.122. The minimum absolute atomic E-state index is 0.00988. The lowest BCUT2D eigenvalue weighted by Crippen LogP contribution is -2.54. The molecule has 1 aliphatic heterocycles. The molecule has 10 heteroatoms. The number of imide groups is 2. The summed E-state index contributed by atoms with van der Waals surface area (Å²) in [6.07, 6.45) is 1.38. The Morgan fingerprint density at radius 2 is 1.86 bits per heavy atom. The molecule has 0 radical (unpaired) electrons. The first-order valence-electron chi connectivity index (χ1n) is 10.6. The molecular formula is C26H19BrFIN2O5. The van der Waals surface area contributed by atoms with Crippen molar-refractivity contribution in [3.8, 4) is 11.5 Å². The number of urea groups is 1. The van der Waals surface area contributed by atoms with Crippen LogP contribution in [0.5, 0.6) is 11.5 Å². The number of halogens is 3. The van der Waals surface area contributed by atoms with E-state index in [0.717, 1.165) is 14.9 Å². The number of ether oxygens (including phenoxy) is 2. The number of rotatable bonds is 6. The number of hydrogen-bond donors (Lipinski definition) is 1. The van der Waals surface area contributed by atoms with Crippen molar-refractivity contribution < 1.29 is 28.2 Å². The summed E-state index contributed by atoms with van der Waals surface area (Å²) in [5, 5.41) is 2.21. The summed E-state index contributed by atoms with van der Waals surface area (Å²) < 4.78 is 26.7. The number of amides is 4. The summed E-state index contributed by atoms with van der Waals surface area (Å²) in [6.45, 7) is 1.82. The molecule has 3 aromatic carbocycles. The Labute approximate surface area is 228 Å². The third kappa shape index (κ3) is 5.29. The number of carbonyl (C=O) groups excluding carboxylic acids is 3. The van der Waals surface area contributed by atoms with Crippen LogP contribution in [0.1, 0.15) is 16.7 Å². The molecule has 0 bridgehead atoms. The van der Waals surface area contributed by atoms with E-state index in [0.29, 0.717) is 31.9 Å². The topological polar surface area (TPSA) is 84.9 Å². The van der Waals surface area contributed by atoms with Crippen molar-refractivity contribution in [3.05, 3.63) is 90.7 Å². The SMILES string of the molecule is COc1cc(/C=C2\C(=O)NC(=O)N(c3ccc(Br)c(C)c3)C2=O)cc(I)c1OCc1ccccc1F. The maximum Gasteiger partial charge on any atom is 0.335 e. The Morgan fingerprint density at radius 3 is 2.56 bits per heavy atom. The zero-order valence-corrected chi connectivity index (χ0v) is 22.8. The minimum atomic E-state index is -0.826. The molecule has 1 aliphatic rings. The molecule has 4 amide bonds. The first-order valence-corrected chi connectivity index (χ1v) is 12.5. The van der Waals surface area contributed by atoms with E-state index in [1.54, 1.807) is 48.5 Å². The molecule has 1 heterocycles. The molecule has 36 heavy (non-hydrogen) atoms. The fourth-order valence-electron chi connectivity index (χ4n) is 3.56. The van der Waals surface area contributed by atoms with Gasteiger partial charge in [-0.15, -0.1) is 0 Å². The average Bonchev–Trinajstić information content (AvgIpc) is 2.83. The molecule has 0 aliphatic carbocycles.